The quantitative estimate of drug-likeness (QED) is 0.860. The van der Waals surface area contributed by atoms with Crippen LogP contribution in [0.2, 0.25) is 0 Å². The Morgan fingerprint density at radius 3 is 2.68 bits per heavy atom. The van der Waals surface area contributed by atoms with E-state index < -0.39 is 0 Å². The van der Waals surface area contributed by atoms with E-state index >= 15 is 0 Å². The van der Waals surface area contributed by atoms with Crippen LogP contribution in [0.5, 0.6) is 0 Å². The van der Waals surface area contributed by atoms with Crippen molar-refractivity contribution in [2.45, 2.75) is 38.6 Å². The Labute approximate surface area is 116 Å². The van der Waals surface area contributed by atoms with Crippen molar-refractivity contribution in [2.75, 3.05) is 18.0 Å². The van der Waals surface area contributed by atoms with Gasteiger partial charge in [-0.15, -0.1) is 5.10 Å². The molecule has 1 saturated heterocycles. The molecule has 0 unspecified atom stereocenters. The zero-order chi connectivity index (χ0) is 13.2. The first kappa shape index (κ1) is 12.5. The van der Waals surface area contributed by atoms with E-state index in [-0.39, 0.29) is 0 Å². The number of aromatic nitrogens is 5. The van der Waals surface area contributed by atoms with Crippen molar-refractivity contribution in [3.05, 3.63) is 18.2 Å². The van der Waals surface area contributed by atoms with Crippen molar-refractivity contribution < 1.29 is 0 Å². The van der Waals surface area contributed by atoms with E-state index in [9.17, 15) is 0 Å². The average Bonchev–Trinajstić information content (AvgIpc) is 3.11. The smallest absolute Gasteiger partial charge is 0.205 e. The largest absolute Gasteiger partial charge is 0.347 e. The van der Waals surface area contributed by atoms with Crippen LogP contribution in [-0.4, -0.2) is 37.4 Å². The molecule has 6 nitrogen and oxygen atoms in total. The fraction of sp³-hybridized carbons (Fsp3) is 0.667. The van der Waals surface area contributed by atoms with Gasteiger partial charge < -0.3 is 4.90 Å². The zero-order valence-corrected chi connectivity index (χ0v) is 12.0. The molecule has 3 rings (SSSR count). The van der Waals surface area contributed by atoms with Crippen molar-refractivity contribution in [3.63, 3.8) is 0 Å². The Morgan fingerprint density at radius 1 is 1.32 bits per heavy atom. The van der Waals surface area contributed by atoms with Crippen molar-refractivity contribution in [3.8, 4) is 0 Å². The van der Waals surface area contributed by atoms with Crippen LogP contribution in [0.25, 0.3) is 0 Å². The summed E-state index contributed by atoms with van der Waals surface area (Å²) in [5.41, 5.74) is 0. The number of anilines is 1. The van der Waals surface area contributed by atoms with E-state index in [2.05, 4.69) is 38.4 Å². The Balaban J connectivity index is 1.63. The minimum Gasteiger partial charge on any atom is -0.347 e. The van der Waals surface area contributed by atoms with Crippen LogP contribution in [0, 0.1) is 0 Å². The van der Waals surface area contributed by atoms with E-state index in [0.29, 0.717) is 12.0 Å². The molecule has 102 valence electrons. The minimum atomic E-state index is 0.401. The van der Waals surface area contributed by atoms with Gasteiger partial charge in [-0.1, -0.05) is 19.1 Å². The molecule has 7 heteroatoms. The number of hydrogen-bond donors (Lipinski definition) is 0. The first-order valence-electron chi connectivity index (χ1n) is 6.68. The summed E-state index contributed by atoms with van der Waals surface area (Å²) in [6, 6.07) is 0.469. The minimum absolute atomic E-state index is 0.401. The lowest BCUT2D eigenvalue weighted by Crippen LogP contribution is -2.34. The SMILES string of the molecule is CC(C)c1nsc(N2CCC(n3ccnn3)CC2)n1. The molecule has 2 aromatic rings. The maximum Gasteiger partial charge on any atom is 0.205 e. The molecule has 3 heterocycles. The summed E-state index contributed by atoms with van der Waals surface area (Å²) in [7, 11) is 0. The summed E-state index contributed by atoms with van der Waals surface area (Å²) in [5, 5.41) is 9.02. The molecule has 0 radical (unpaired) electrons. The van der Waals surface area contributed by atoms with E-state index in [1.54, 1.807) is 6.20 Å². The molecular formula is C12H18N6S. The molecule has 0 aromatic carbocycles. The predicted octanol–water partition coefficient (Wildman–Crippen LogP) is 2.09. The second kappa shape index (κ2) is 5.24. The summed E-state index contributed by atoms with van der Waals surface area (Å²) in [6.07, 6.45) is 5.86. The lowest BCUT2D eigenvalue weighted by molar-refractivity contribution is 0.360. The van der Waals surface area contributed by atoms with Gasteiger partial charge in [-0.2, -0.15) is 4.37 Å². The number of piperidine rings is 1. The highest BCUT2D eigenvalue weighted by Crippen LogP contribution is 2.28. The Morgan fingerprint density at radius 2 is 2.11 bits per heavy atom. The van der Waals surface area contributed by atoms with Gasteiger partial charge in [0.25, 0.3) is 0 Å². The average molecular weight is 278 g/mol. The highest BCUT2D eigenvalue weighted by molar-refractivity contribution is 7.09. The van der Waals surface area contributed by atoms with E-state index in [1.807, 2.05) is 10.9 Å². The highest BCUT2D eigenvalue weighted by atomic mass is 32.1. The summed E-state index contributed by atoms with van der Waals surface area (Å²) in [5.74, 6) is 1.36. The summed E-state index contributed by atoms with van der Waals surface area (Å²) in [4.78, 5) is 6.95. The van der Waals surface area contributed by atoms with Crippen LogP contribution < -0.4 is 4.90 Å². The second-order valence-corrected chi connectivity index (χ2v) is 5.92. The molecule has 0 spiro atoms. The van der Waals surface area contributed by atoms with Crippen LogP contribution in [0.3, 0.4) is 0 Å². The Bertz CT molecular complexity index is 512. The Hall–Kier alpha value is -1.50. The predicted molar refractivity (Wildman–Crippen MR) is 74.5 cm³/mol. The monoisotopic (exact) mass is 278 g/mol. The molecule has 0 N–H and O–H groups in total. The molecule has 0 aliphatic carbocycles. The lowest BCUT2D eigenvalue weighted by Gasteiger charge is -2.31. The molecule has 1 fully saturated rings. The highest BCUT2D eigenvalue weighted by Gasteiger charge is 2.23. The van der Waals surface area contributed by atoms with Crippen LogP contribution >= 0.6 is 11.5 Å². The number of nitrogens with zero attached hydrogens (tertiary/aromatic N) is 6. The molecule has 19 heavy (non-hydrogen) atoms. The van der Waals surface area contributed by atoms with E-state index in [1.165, 1.54) is 11.5 Å². The molecule has 1 aliphatic heterocycles. The third-order valence-corrected chi connectivity index (χ3v) is 4.29. The van der Waals surface area contributed by atoms with Gasteiger partial charge in [0.2, 0.25) is 5.13 Å². The van der Waals surface area contributed by atoms with Gasteiger partial charge in [0, 0.05) is 36.7 Å². The van der Waals surface area contributed by atoms with Gasteiger partial charge in [-0.3, -0.25) is 0 Å². The maximum atomic E-state index is 4.62. The van der Waals surface area contributed by atoms with Gasteiger partial charge in [0.15, 0.2) is 0 Å². The zero-order valence-electron chi connectivity index (χ0n) is 11.2. The number of rotatable bonds is 3. The molecule has 0 bridgehead atoms. The molecular weight excluding hydrogens is 260 g/mol. The van der Waals surface area contributed by atoms with Crippen molar-refractivity contribution >= 4 is 16.7 Å². The lowest BCUT2D eigenvalue weighted by atomic mass is 10.1. The van der Waals surface area contributed by atoms with Crippen LogP contribution in [0.1, 0.15) is 44.5 Å². The van der Waals surface area contributed by atoms with Gasteiger partial charge >= 0.3 is 0 Å². The van der Waals surface area contributed by atoms with Gasteiger partial charge in [0.05, 0.1) is 12.2 Å². The van der Waals surface area contributed by atoms with Gasteiger partial charge in [0.1, 0.15) is 5.82 Å². The van der Waals surface area contributed by atoms with Crippen LogP contribution in [0.4, 0.5) is 5.13 Å². The molecule has 1 aliphatic rings. The van der Waals surface area contributed by atoms with E-state index in [0.717, 1.165) is 36.9 Å². The number of hydrogen-bond acceptors (Lipinski definition) is 6. The third kappa shape index (κ3) is 2.60. The van der Waals surface area contributed by atoms with Crippen molar-refractivity contribution in [2.24, 2.45) is 0 Å². The first-order valence-corrected chi connectivity index (χ1v) is 7.45. The standard InChI is InChI=1S/C12H18N6S/c1-9(2)11-14-12(19-15-11)17-6-3-10(4-7-17)18-8-5-13-16-18/h5,8-10H,3-4,6-7H2,1-2H3. The summed E-state index contributed by atoms with van der Waals surface area (Å²) >= 11 is 1.51. The maximum absolute atomic E-state index is 4.62. The molecule has 0 atom stereocenters. The van der Waals surface area contributed by atoms with Gasteiger partial charge in [-0.05, 0) is 12.8 Å². The molecule has 0 saturated carbocycles. The third-order valence-electron chi connectivity index (χ3n) is 3.50. The summed E-state index contributed by atoms with van der Waals surface area (Å²) < 4.78 is 6.39. The molecule has 2 aromatic heterocycles. The fourth-order valence-electron chi connectivity index (χ4n) is 2.32. The second-order valence-electron chi connectivity index (χ2n) is 5.19. The van der Waals surface area contributed by atoms with Gasteiger partial charge in [-0.25, -0.2) is 9.67 Å². The van der Waals surface area contributed by atoms with Crippen molar-refractivity contribution in [1.29, 1.82) is 0 Å². The topological polar surface area (TPSA) is 59.7 Å². The van der Waals surface area contributed by atoms with Crippen molar-refractivity contribution in [1.82, 2.24) is 24.4 Å². The fourth-order valence-corrected chi connectivity index (χ4v) is 3.18. The van der Waals surface area contributed by atoms with Crippen LogP contribution in [0.15, 0.2) is 12.4 Å². The normalized spacial score (nSPS) is 17.3. The van der Waals surface area contributed by atoms with E-state index in [4.69, 9.17) is 0 Å². The Kier molecular flexibility index (Phi) is 3.46. The van der Waals surface area contributed by atoms with Crippen LogP contribution in [-0.2, 0) is 0 Å². The molecule has 0 amide bonds. The first-order chi connectivity index (χ1) is 9.24. The summed E-state index contributed by atoms with van der Waals surface area (Å²) in [6.45, 7) is 6.28.